The van der Waals surface area contributed by atoms with Crippen LogP contribution in [0.2, 0.25) is 0 Å². The predicted molar refractivity (Wildman–Crippen MR) is 111 cm³/mol. The van der Waals surface area contributed by atoms with E-state index >= 15 is 0 Å². The number of carbonyl (C=O) groups is 1. The molecule has 30 heavy (non-hydrogen) atoms. The lowest BCUT2D eigenvalue weighted by Gasteiger charge is -2.10. The number of para-hydroxylation sites is 2. The monoisotopic (exact) mass is 409 g/mol. The molecule has 0 spiro atoms. The summed E-state index contributed by atoms with van der Waals surface area (Å²) in [6.45, 7) is -0.428. The SMILES string of the molecule is COc1ccc2ccc(OC)c(/C=N/NC(=O)COc3ccccc3[N+](=O)[O-])c2c1. The van der Waals surface area contributed by atoms with Crippen LogP contribution in [0.5, 0.6) is 17.2 Å². The minimum Gasteiger partial charge on any atom is -0.497 e. The van der Waals surface area contributed by atoms with Gasteiger partial charge >= 0.3 is 5.69 Å². The van der Waals surface area contributed by atoms with Crippen molar-refractivity contribution in [3.05, 3.63) is 70.3 Å². The second-order valence-corrected chi connectivity index (χ2v) is 6.08. The quantitative estimate of drug-likeness (QED) is 0.347. The first-order valence-corrected chi connectivity index (χ1v) is 8.86. The van der Waals surface area contributed by atoms with Crippen molar-refractivity contribution < 1.29 is 23.9 Å². The molecule has 0 unspecified atom stereocenters. The van der Waals surface area contributed by atoms with Crippen molar-refractivity contribution in [1.29, 1.82) is 0 Å². The van der Waals surface area contributed by atoms with Gasteiger partial charge in [-0.25, -0.2) is 5.43 Å². The molecule has 3 rings (SSSR count). The molecule has 1 N–H and O–H groups in total. The highest BCUT2D eigenvalue weighted by Gasteiger charge is 2.15. The number of methoxy groups -OCH3 is 2. The van der Waals surface area contributed by atoms with Gasteiger partial charge in [-0.3, -0.25) is 14.9 Å². The summed E-state index contributed by atoms with van der Waals surface area (Å²) in [5.41, 5.74) is 2.79. The zero-order valence-corrected chi connectivity index (χ0v) is 16.3. The Morgan fingerprint density at radius 1 is 1.10 bits per heavy atom. The third kappa shape index (κ3) is 4.64. The van der Waals surface area contributed by atoms with E-state index in [0.717, 1.165) is 10.8 Å². The molecule has 154 valence electrons. The number of nitro benzene ring substituents is 1. The first kappa shape index (κ1) is 20.6. The van der Waals surface area contributed by atoms with E-state index < -0.39 is 17.4 Å². The Hall–Kier alpha value is -4.14. The minimum absolute atomic E-state index is 0.00412. The Balaban J connectivity index is 1.73. The second-order valence-electron chi connectivity index (χ2n) is 6.08. The number of ether oxygens (including phenoxy) is 3. The molecule has 9 nitrogen and oxygen atoms in total. The Labute approximate surface area is 172 Å². The maximum atomic E-state index is 12.0. The Morgan fingerprint density at radius 2 is 1.87 bits per heavy atom. The van der Waals surface area contributed by atoms with Crippen molar-refractivity contribution in [2.45, 2.75) is 0 Å². The van der Waals surface area contributed by atoms with Crippen molar-refractivity contribution in [3.8, 4) is 17.2 Å². The molecule has 9 heteroatoms. The number of hydrazone groups is 1. The Bertz CT molecular complexity index is 1110. The maximum Gasteiger partial charge on any atom is 0.310 e. The summed E-state index contributed by atoms with van der Waals surface area (Å²) in [4.78, 5) is 22.4. The smallest absolute Gasteiger partial charge is 0.310 e. The van der Waals surface area contributed by atoms with Gasteiger partial charge in [0.05, 0.1) is 25.4 Å². The average molecular weight is 409 g/mol. The zero-order chi connectivity index (χ0) is 21.5. The fourth-order valence-electron chi connectivity index (χ4n) is 2.81. The highest BCUT2D eigenvalue weighted by atomic mass is 16.6. The van der Waals surface area contributed by atoms with Crippen molar-refractivity contribution in [2.75, 3.05) is 20.8 Å². The molecule has 0 heterocycles. The van der Waals surface area contributed by atoms with Crippen molar-refractivity contribution in [3.63, 3.8) is 0 Å². The predicted octanol–water partition coefficient (Wildman–Crippen LogP) is 3.29. The number of carbonyl (C=O) groups excluding carboxylic acids is 1. The van der Waals surface area contributed by atoms with Crippen LogP contribution in [-0.2, 0) is 4.79 Å². The molecule has 0 saturated carbocycles. The third-order valence-electron chi connectivity index (χ3n) is 4.25. The molecule has 1 amide bonds. The molecule has 0 aromatic heterocycles. The Kier molecular flexibility index (Phi) is 6.43. The van der Waals surface area contributed by atoms with Gasteiger partial charge in [0.2, 0.25) is 0 Å². The van der Waals surface area contributed by atoms with Crippen LogP contribution >= 0.6 is 0 Å². The minimum atomic E-state index is -0.577. The summed E-state index contributed by atoms with van der Waals surface area (Å²) in [5, 5.41) is 16.7. The number of rotatable bonds is 8. The van der Waals surface area contributed by atoms with Crippen LogP contribution in [0.15, 0.2) is 59.7 Å². The van der Waals surface area contributed by atoms with Gasteiger partial charge in [0.25, 0.3) is 5.91 Å². The van der Waals surface area contributed by atoms with Crippen LogP contribution in [-0.4, -0.2) is 37.9 Å². The molecule has 0 aliphatic rings. The number of hydrogen-bond donors (Lipinski definition) is 1. The lowest BCUT2D eigenvalue weighted by Crippen LogP contribution is -2.24. The summed E-state index contributed by atoms with van der Waals surface area (Å²) in [6.07, 6.45) is 1.46. The van der Waals surface area contributed by atoms with Gasteiger partial charge in [0, 0.05) is 11.6 Å². The number of nitrogens with one attached hydrogen (secondary N) is 1. The lowest BCUT2D eigenvalue weighted by atomic mass is 10.0. The van der Waals surface area contributed by atoms with Crippen LogP contribution in [0.4, 0.5) is 5.69 Å². The van der Waals surface area contributed by atoms with E-state index in [2.05, 4.69) is 10.5 Å². The van der Waals surface area contributed by atoms with Gasteiger partial charge in [-0.05, 0) is 35.0 Å². The number of fused-ring (bicyclic) bond motifs is 1. The van der Waals surface area contributed by atoms with E-state index in [9.17, 15) is 14.9 Å². The number of benzene rings is 3. The van der Waals surface area contributed by atoms with Crippen molar-refractivity contribution in [2.24, 2.45) is 5.10 Å². The number of nitrogens with zero attached hydrogens (tertiary/aromatic N) is 2. The highest BCUT2D eigenvalue weighted by molar-refractivity contribution is 6.03. The van der Waals surface area contributed by atoms with E-state index in [-0.39, 0.29) is 11.4 Å². The highest BCUT2D eigenvalue weighted by Crippen LogP contribution is 2.29. The van der Waals surface area contributed by atoms with E-state index in [4.69, 9.17) is 14.2 Å². The lowest BCUT2D eigenvalue weighted by molar-refractivity contribution is -0.385. The van der Waals surface area contributed by atoms with E-state index in [1.54, 1.807) is 19.2 Å². The molecule has 0 aliphatic carbocycles. The fourth-order valence-corrected chi connectivity index (χ4v) is 2.81. The van der Waals surface area contributed by atoms with Gasteiger partial charge in [-0.1, -0.05) is 24.3 Å². The third-order valence-corrected chi connectivity index (χ3v) is 4.25. The molecule has 0 saturated heterocycles. The molecule has 3 aromatic carbocycles. The first-order chi connectivity index (χ1) is 14.5. The molecule has 0 bridgehead atoms. The topological polar surface area (TPSA) is 112 Å². The zero-order valence-electron chi connectivity index (χ0n) is 16.3. The van der Waals surface area contributed by atoms with Gasteiger partial charge in [-0.2, -0.15) is 5.10 Å². The van der Waals surface area contributed by atoms with Crippen LogP contribution < -0.4 is 19.6 Å². The number of hydrogen-bond acceptors (Lipinski definition) is 7. The van der Waals surface area contributed by atoms with E-state index in [0.29, 0.717) is 17.1 Å². The molecule has 0 aliphatic heterocycles. The molecular weight excluding hydrogens is 390 g/mol. The van der Waals surface area contributed by atoms with Crippen LogP contribution in [0.3, 0.4) is 0 Å². The van der Waals surface area contributed by atoms with E-state index in [1.807, 2.05) is 24.3 Å². The summed E-state index contributed by atoms with van der Waals surface area (Å²) in [7, 11) is 3.12. The number of amides is 1. The normalized spacial score (nSPS) is 10.7. The molecule has 3 aromatic rings. The average Bonchev–Trinajstić information content (AvgIpc) is 2.77. The second kappa shape index (κ2) is 9.37. The molecule has 0 fully saturated rings. The van der Waals surface area contributed by atoms with Crippen LogP contribution in [0, 0.1) is 10.1 Å². The number of nitro groups is 1. The van der Waals surface area contributed by atoms with Gasteiger partial charge < -0.3 is 14.2 Å². The van der Waals surface area contributed by atoms with Crippen LogP contribution in [0.25, 0.3) is 10.8 Å². The van der Waals surface area contributed by atoms with Crippen molar-refractivity contribution >= 4 is 28.6 Å². The summed E-state index contributed by atoms with van der Waals surface area (Å²) < 4.78 is 15.9. The largest absolute Gasteiger partial charge is 0.497 e. The fraction of sp³-hybridized carbons (Fsp3) is 0.143. The molecule has 0 atom stereocenters. The Morgan fingerprint density at radius 3 is 2.60 bits per heavy atom. The van der Waals surface area contributed by atoms with Crippen LogP contribution in [0.1, 0.15) is 5.56 Å². The molecular formula is C21H19N3O6. The van der Waals surface area contributed by atoms with E-state index in [1.165, 1.54) is 31.5 Å². The standard InChI is InChI=1S/C21H19N3O6/c1-28-15-9-7-14-8-10-19(29-2)17(16(14)11-15)12-22-23-21(25)13-30-20-6-4-3-5-18(20)24(26)27/h3-12H,13H2,1-2H3,(H,23,25)/b22-12+. The summed E-state index contributed by atoms with van der Waals surface area (Å²) in [6, 6.07) is 15.1. The van der Waals surface area contributed by atoms with Gasteiger partial charge in [0.1, 0.15) is 11.5 Å². The summed E-state index contributed by atoms with van der Waals surface area (Å²) in [5.74, 6) is 0.683. The van der Waals surface area contributed by atoms with Crippen molar-refractivity contribution in [1.82, 2.24) is 5.43 Å². The van der Waals surface area contributed by atoms with Gasteiger partial charge in [0.15, 0.2) is 12.4 Å². The molecule has 0 radical (unpaired) electrons. The maximum absolute atomic E-state index is 12.0. The van der Waals surface area contributed by atoms with Gasteiger partial charge in [-0.15, -0.1) is 0 Å². The summed E-state index contributed by atoms with van der Waals surface area (Å²) >= 11 is 0. The first-order valence-electron chi connectivity index (χ1n) is 8.86.